The summed E-state index contributed by atoms with van der Waals surface area (Å²) in [5.41, 5.74) is 2.36. The SMILES string of the molecule is CCc1ccc(N2CN=c3s/c(=C\c4ccc(I)o4)c(=O)n3C2)cc1. The summed E-state index contributed by atoms with van der Waals surface area (Å²) in [5, 5.41) is 0. The minimum absolute atomic E-state index is 0.0231. The number of hydrogen-bond acceptors (Lipinski definition) is 5. The van der Waals surface area contributed by atoms with Crippen LogP contribution in [0.1, 0.15) is 18.2 Å². The maximum absolute atomic E-state index is 12.7. The topological polar surface area (TPSA) is 50.7 Å². The predicted octanol–water partition coefficient (Wildman–Crippen LogP) is 2.55. The highest BCUT2D eigenvalue weighted by Crippen LogP contribution is 2.17. The minimum atomic E-state index is -0.0231. The van der Waals surface area contributed by atoms with Crippen molar-refractivity contribution in [2.45, 2.75) is 20.0 Å². The number of rotatable bonds is 3. The first kappa shape index (κ1) is 16.6. The number of aryl methyl sites for hydroxylation is 1. The standard InChI is InChI=1S/C18H16IN3O2S/c1-2-12-3-5-13(6-4-12)21-10-20-18-22(11-21)17(23)15(25-18)9-14-7-8-16(19)24-14/h3-9H,2,10-11H2,1H3/b15-9-. The molecule has 3 heterocycles. The van der Waals surface area contributed by atoms with Crippen LogP contribution in [0.25, 0.3) is 6.08 Å². The van der Waals surface area contributed by atoms with E-state index in [1.807, 2.05) is 12.1 Å². The molecule has 0 atom stereocenters. The van der Waals surface area contributed by atoms with E-state index in [9.17, 15) is 4.79 Å². The van der Waals surface area contributed by atoms with Crippen molar-refractivity contribution in [3.63, 3.8) is 0 Å². The van der Waals surface area contributed by atoms with E-state index in [0.717, 1.165) is 20.7 Å². The van der Waals surface area contributed by atoms with Gasteiger partial charge in [0.2, 0.25) is 0 Å². The molecule has 0 aliphatic carbocycles. The van der Waals surface area contributed by atoms with E-state index in [2.05, 4.69) is 63.7 Å². The summed E-state index contributed by atoms with van der Waals surface area (Å²) in [4.78, 5) is 20.2. The molecule has 2 aromatic heterocycles. The van der Waals surface area contributed by atoms with Crippen LogP contribution in [-0.4, -0.2) is 11.2 Å². The number of nitrogens with zero attached hydrogens (tertiary/aromatic N) is 3. The fourth-order valence-corrected chi connectivity index (χ4v) is 4.13. The van der Waals surface area contributed by atoms with Crippen molar-refractivity contribution in [3.8, 4) is 0 Å². The molecular formula is C18H16IN3O2S. The lowest BCUT2D eigenvalue weighted by molar-refractivity contribution is 0.528. The molecule has 25 heavy (non-hydrogen) atoms. The quantitative estimate of drug-likeness (QED) is 0.559. The fraction of sp³-hybridized carbons (Fsp3) is 0.222. The van der Waals surface area contributed by atoms with Crippen LogP contribution in [0.4, 0.5) is 5.69 Å². The predicted molar refractivity (Wildman–Crippen MR) is 108 cm³/mol. The van der Waals surface area contributed by atoms with Crippen molar-refractivity contribution in [1.29, 1.82) is 0 Å². The third-order valence-electron chi connectivity index (χ3n) is 4.15. The zero-order valence-corrected chi connectivity index (χ0v) is 16.6. The van der Waals surface area contributed by atoms with Gasteiger partial charge < -0.3 is 9.32 Å². The molecular weight excluding hydrogens is 449 g/mol. The summed E-state index contributed by atoms with van der Waals surface area (Å²) >= 11 is 3.52. The van der Waals surface area contributed by atoms with Crippen LogP contribution in [0.15, 0.2) is 50.6 Å². The summed E-state index contributed by atoms with van der Waals surface area (Å²) in [6.07, 6.45) is 2.81. The average molecular weight is 465 g/mol. The molecule has 1 aromatic carbocycles. The molecule has 0 saturated carbocycles. The van der Waals surface area contributed by atoms with Crippen molar-refractivity contribution in [1.82, 2.24) is 4.57 Å². The van der Waals surface area contributed by atoms with Gasteiger partial charge in [-0.1, -0.05) is 30.4 Å². The first-order chi connectivity index (χ1) is 12.1. The van der Waals surface area contributed by atoms with Crippen LogP contribution in [-0.2, 0) is 13.1 Å². The van der Waals surface area contributed by atoms with Crippen LogP contribution in [0.2, 0.25) is 0 Å². The van der Waals surface area contributed by atoms with Gasteiger partial charge >= 0.3 is 0 Å². The Bertz CT molecular complexity index is 1080. The molecule has 0 unspecified atom stereocenters. The molecule has 0 radical (unpaired) electrons. The molecule has 1 aliphatic rings. The Morgan fingerprint density at radius 2 is 2.08 bits per heavy atom. The van der Waals surface area contributed by atoms with E-state index in [4.69, 9.17) is 4.42 Å². The molecule has 0 fully saturated rings. The molecule has 7 heteroatoms. The lowest BCUT2D eigenvalue weighted by Gasteiger charge is -2.25. The number of aromatic nitrogens is 1. The number of fused-ring (bicyclic) bond motifs is 1. The molecule has 0 spiro atoms. The van der Waals surface area contributed by atoms with E-state index in [1.165, 1.54) is 16.9 Å². The van der Waals surface area contributed by atoms with Crippen LogP contribution < -0.4 is 19.8 Å². The lowest BCUT2D eigenvalue weighted by atomic mass is 10.1. The summed E-state index contributed by atoms with van der Waals surface area (Å²) in [6, 6.07) is 12.2. The number of benzene rings is 1. The number of hydrogen-bond donors (Lipinski definition) is 0. The largest absolute Gasteiger partial charge is 0.451 e. The van der Waals surface area contributed by atoms with Gasteiger partial charge in [0.1, 0.15) is 19.1 Å². The van der Waals surface area contributed by atoms with Gasteiger partial charge in [-0.3, -0.25) is 9.36 Å². The third-order valence-corrected chi connectivity index (χ3v) is 5.78. The highest BCUT2D eigenvalue weighted by atomic mass is 127. The van der Waals surface area contributed by atoms with E-state index < -0.39 is 0 Å². The van der Waals surface area contributed by atoms with Gasteiger partial charge in [0.15, 0.2) is 8.57 Å². The first-order valence-corrected chi connectivity index (χ1v) is 9.88. The van der Waals surface area contributed by atoms with Gasteiger partial charge in [-0.15, -0.1) is 0 Å². The van der Waals surface area contributed by atoms with Crippen LogP contribution in [0, 0.1) is 3.77 Å². The first-order valence-electron chi connectivity index (χ1n) is 7.99. The van der Waals surface area contributed by atoms with E-state index in [-0.39, 0.29) is 5.56 Å². The maximum atomic E-state index is 12.7. The summed E-state index contributed by atoms with van der Waals surface area (Å²) in [7, 11) is 0. The van der Waals surface area contributed by atoms with Crippen molar-refractivity contribution < 1.29 is 4.42 Å². The van der Waals surface area contributed by atoms with Crippen molar-refractivity contribution in [2.75, 3.05) is 11.6 Å². The van der Waals surface area contributed by atoms with Crippen molar-refractivity contribution >= 4 is 45.7 Å². The number of furan rings is 1. The molecule has 5 nitrogen and oxygen atoms in total. The highest BCUT2D eigenvalue weighted by molar-refractivity contribution is 14.1. The van der Waals surface area contributed by atoms with E-state index >= 15 is 0 Å². The molecule has 1 aliphatic heterocycles. The Morgan fingerprint density at radius 3 is 2.76 bits per heavy atom. The zero-order chi connectivity index (χ0) is 17.4. The molecule has 0 bridgehead atoms. The molecule has 128 valence electrons. The van der Waals surface area contributed by atoms with Crippen molar-refractivity contribution in [3.05, 3.63) is 71.2 Å². The summed E-state index contributed by atoms with van der Waals surface area (Å²) < 4.78 is 8.71. The second kappa shape index (κ2) is 6.80. The highest BCUT2D eigenvalue weighted by Gasteiger charge is 2.16. The Morgan fingerprint density at radius 1 is 1.28 bits per heavy atom. The molecule has 4 rings (SSSR count). The van der Waals surface area contributed by atoms with Crippen LogP contribution >= 0.6 is 33.9 Å². The molecule has 0 N–H and O–H groups in total. The monoisotopic (exact) mass is 465 g/mol. The molecule has 0 saturated heterocycles. The Labute approximate surface area is 162 Å². The lowest BCUT2D eigenvalue weighted by Crippen LogP contribution is -2.42. The van der Waals surface area contributed by atoms with E-state index in [1.54, 1.807) is 10.6 Å². The number of thiazole rings is 1. The normalized spacial score (nSPS) is 14.5. The number of anilines is 1. The van der Waals surface area contributed by atoms with Gasteiger partial charge in [0.25, 0.3) is 5.56 Å². The Kier molecular flexibility index (Phi) is 4.51. The third kappa shape index (κ3) is 3.30. The van der Waals surface area contributed by atoms with Crippen LogP contribution in [0.3, 0.4) is 0 Å². The Hall–Kier alpha value is -1.87. The number of halogens is 1. The summed E-state index contributed by atoms with van der Waals surface area (Å²) in [5.74, 6) is 0.688. The van der Waals surface area contributed by atoms with E-state index in [0.29, 0.717) is 23.6 Å². The van der Waals surface area contributed by atoms with Gasteiger partial charge in [0.05, 0.1) is 4.53 Å². The second-order valence-electron chi connectivity index (χ2n) is 5.77. The average Bonchev–Trinajstić information content (AvgIpc) is 3.18. The minimum Gasteiger partial charge on any atom is -0.451 e. The smallest absolute Gasteiger partial charge is 0.271 e. The Balaban J connectivity index is 1.67. The van der Waals surface area contributed by atoms with Gasteiger partial charge in [-0.2, -0.15) is 0 Å². The fourth-order valence-electron chi connectivity index (χ4n) is 2.75. The van der Waals surface area contributed by atoms with Gasteiger partial charge in [-0.25, -0.2) is 4.99 Å². The second-order valence-corrected chi connectivity index (χ2v) is 7.84. The maximum Gasteiger partial charge on any atom is 0.271 e. The van der Waals surface area contributed by atoms with Gasteiger partial charge in [-0.05, 0) is 58.8 Å². The van der Waals surface area contributed by atoms with Crippen molar-refractivity contribution in [2.24, 2.45) is 4.99 Å². The molecule has 3 aromatic rings. The van der Waals surface area contributed by atoms with Gasteiger partial charge in [0, 0.05) is 11.8 Å². The zero-order valence-electron chi connectivity index (χ0n) is 13.6. The molecule has 0 amide bonds. The van der Waals surface area contributed by atoms with Crippen LogP contribution in [0.5, 0.6) is 0 Å². The summed E-state index contributed by atoms with van der Waals surface area (Å²) in [6.45, 7) is 3.22.